The molecule has 0 bridgehead atoms. The van der Waals surface area contributed by atoms with Crippen LogP contribution in [0.15, 0.2) is 15.3 Å². The van der Waals surface area contributed by atoms with Gasteiger partial charge >= 0.3 is 0 Å². The van der Waals surface area contributed by atoms with Gasteiger partial charge in [0.25, 0.3) is 0 Å². The molecule has 2 saturated carbocycles. The van der Waals surface area contributed by atoms with Crippen LogP contribution in [0.25, 0.3) is 0 Å². The van der Waals surface area contributed by atoms with Crippen LogP contribution in [0, 0.1) is 0 Å². The molecule has 0 amide bonds. The lowest BCUT2D eigenvalue weighted by molar-refractivity contribution is 0.440. The summed E-state index contributed by atoms with van der Waals surface area (Å²) in [4.78, 5) is -0.368. The maximum absolute atomic E-state index is 6.22. The van der Waals surface area contributed by atoms with Crippen molar-refractivity contribution in [3.05, 3.63) is 0 Å². The van der Waals surface area contributed by atoms with Crippen molar-refractivity contribution in [3.63, 3.8) is 0 Å². The highest BCUT2D eigenvalue weighted by Crippen LogP contribution is 2.37. The van der Waals surface area contributed by atoms with Crippen molar-refractivity contribution < 1.29 is 0 Å². The Morgan fingerprint density at radius 3 is 1.87 bits per heavy atom. The van der Waals surface area contributed by atoms with Crippen molar-refractivity contribution >= 4 is 17.3 Å². The predicted octanol–water partition coefficient (Wildman–Crippen LogP) is 6.05. The van der Waals surface area contributed by atoms with Crippen molar-refractivity contribution in [1.29, 1.82) is 0 Å². The molecule has 0 radical (unpaired) electrons. The standard InChI is InChI=1S/C9H17ClN2.C9H18N2/c1-8(2,3)11-12-9(10)6-4-5-7-9;1-9(2,3)11-10-8-6-4-5-7-8/h4-7H2,1-3H3;11H,4-7H2,1-3H3. The van der Waals surface area contributed by atoms with Gasteiger partial charge in [-0.1, -0.05) is 11.6 Å². The Morgan fingerprint density at radius 2 is 1.43 bits per heavy atom. The minimum atomic E-state index is -0.368. The largest absolute Gasteiger partial charge is 0.305 e. The molecule has 0 aromatic rings. The second-order valence-electron chi connectivity index (χ2n) is 8.74. The van der Waals surface area contributed by atoms with E-state index in [2.05, 4.69) is 41.5 Å². The summed E-state index contributed by atoms with van der Waals surface area (Å²) in [7, 11) is 0. The van der Waals surface area contributed by atoms with Crippen LogP contribution in [0.3, 0.4) is 0 Å². The topological polar surface area (TPSA) is 49.1 Å². The number of hydrazone groups is 1. The fraction of sp³-hybridized carbons (Fsp3) is 0.944. The third-order valence-electron chi connectivity index (χ3n) is 3.63. The van der Waals surface area contributed by atoms with Gasteiger partial charge in [0, 0.05) is 11.3 Å². The molecule has 2 rings (SSSR count). The highest BCUT2D eigenvalue weighted by atomic mass is 35.5. The molecule has 134 valence electrons. The second-order valence-corrected chi connectivity index (χ2v) is 9.45. The number of halogens is 1. The molecule has 23 heavy (non-hydrogen) atoms. The van der Waals surface area contributed by atoms with Crippen LogP contribution in [-0.4, -0.2) is 21.8 Å². The van der Waals surface area contributed by atoms with E-state index in [1.165, 1.54) is 44.2 Å². The van der Waals surface area contributed by atoms with E-state index in [9.17, 15) is 0 Å². The van der Waals surface area contributed by atoms with Crippen LogP contribution >= 0.6 is 11.6 Å². The average Bonchev–Trinajstić information content (AvgIpc) is 3.05. The van der Waals surface area contributed by atoms with Gasteiger partial charge in [-0.15, -0.1) is 0 Å². The van der Waals surface area contributed by atoms with Crippen molar-refractivity contribution in [2.75, 3.05) is 0 Å². The van der Waals surface area contributed by atoms with Crippen molar-refractivity contribution in [3.8, 4) is 0 Å². The number of alkyl halides is 1. The number of nitrogens with one attached hydrogen (secondary N) is 1. The molecule has 0 aromatic heterocycles. The third kappa shape index (κ3) is 9.95. The maximum atomic E-state index is 6.22. The van der Waals surface area contributed by atoms with E-state index in [0.717, 1.165) is 12.8 Å². The Bertz CT molecular complexity index is 402. The molecular formula is C18H35ClN4. The van der Waals surface area contributed by atoms with Gasteiger partial charge < -0.3 is 5.43 Å². The fourth-order valence-electron chi connectivity index (χ4n) is 2.40. The molecule has 0 saturated heterocycles. The zero-order chi connectivity index (χ0) is 17.6. The number of hydrogen-bond donors (Lipinski definition) is 1. The smallest absolute Gasteiger partial charge is 0.154 e. The Balaban J connectivity index is 0.000000231. The van der Waals surface area contributed by atoms with Gasteiger partial charge in [0.15, 0.2) is 5.00 Å². The molecule has 0 spiro atoms. The lowest BCUT2D eigenvalue weighted by atomic mass is 10.1. The molecule has 2 aliphatic carbocycles. The minimum Gasteiger partial charge on any atom is -0.305 e. The number of hydrogen-bond acceptors (Lipinski definition) is 4. The van der Waals surface area contributed by atoms with E-state index in [1.807, 2.05) is 20.8 Å². The molecule has 5 heteroatoms. The summed E-state index contributed by atoms with van der Waals surface area (Å²) in [5, 5.41) is 12.8. The Hall–Kier alpha value is -0.640. The number of nitrogens with zero attached hydrogens (tertiary/aromatic N) is 3. The molecule has 0 unspecified atom stereocenters. The first-order valence-electron chi connectivity index (χ1n) is 8.95. The molecule has 0 atom stereocenters. The minimum absolute atomic E-state index is 0.0928. The molecule has 2 fully saturated rings. The average molecular weight is 343 g/mol. The van der Waals surface area contributed by atoms with Crippen molar-refractivity contribution in [1.82, 2.24) is 5.43 Å². The van der Waals surface area contributed by atoms with Gasteiger partial charge in [-0.05, 0) is 92.9 Å². The Labute approximate surface area is 147 Å². The van der Waals surface area contributed by atoms with Gasteiger partial charge in [0.05, 0.1) is 5.54 Å². The van der Waals surface area contributed by atoms with Crippen LogP contribution < -0.4 is 5.43 Å². The Morgan fingerprint density at radius 1 is 0.913 bits per heavy atom. The quantitative estimate of drug-likeness (QED) is 0.282. The van der Waals surface area contributed by atoms with E-state index in [4.69, 9.17) is 11.6 Å². The van der Waals surface area contributed by atoms with E-state index >= 15 is 0 Å². The maximum Gasteiger partial charge on any atom is 0.154 e. The molecule has 2 aliphatic rings. The summed E-state index contributed by atoms with van der Waals surface area (Å²) in [5.74, 6) is 0. The third-order valence-corrected chi connectivity index (χ3v) is 4.08. The summed E-state index contributed by atoms with van der Waals surface area (Å²) in [5.41, 5.74) is 4.53. The van der Waals surface area contributed by atoms with E-state index in [0.29, 0.717) is 0 Å². The van der Waals surface area contributed by atoms with Gasteiger partial charge in [0.2, 0.25) is 0 Å². The zero-order valence-corrected chi connectivity index (χ0v) is 16.6. The van der Waals surface area contributed by atoms with Gasteiger partial charge in [-0.3, -0.25) is 0 Å². The molecule has 0 aromatic carbocycles. The van der Waals surface area contributed by atoms with Gasteiger partial charge in [-0.25, -0.2) is 0 Å². The highest BCUT2D eigenvalue weighted by Gasteiger charge is 2.31. The van der Waals surface area contributed by atoms with Gasteiger partial charge in [-0.2, -0.15) is 15.3 Å². The summed E-state index contributed by atoms with van der Waals surface area (Å²) >= 11 is 6.22. The molecular weight excluding hydrogens is 308 g/mol. The van der Waals surface area contributed by atoms with E-state index in [1.54, 1.807) is 0 Å². The zero-order valence-electron chi connectivity index (χ0n) is 15.9. The normalized spacial score (nSPS) is 21.3. The summed E-state index contributed by atoms with van der Waals surface area (Å²) < 4.78 is 0. The van der Waals surface area contributed by atoms with Crippen LogP contribution in [0.4, 0.5) is 0 Å². The monoisotopic (exact) mass is 342 g/mol. The SMILES string of the molecule is CC(C)(C)N=NC1(Cl)CCCC1.CC(C)(C)NN=C1CCCC1. The number of azo groups is 1. The second kappa shape index (κ2) is 8.46. The molecule has 0 aliphatic heterocycles. The first-order valence-corrected chi connectivity index (χ1v) is 9.33. The molecule has 4 nitrogen and oxygen atoms in total. The predicted molar refractivity (Wildman–Crippen MR) is 100 cm³/mol. The lowest BCUT2D eigenvalue weighted by Gasteiger charge is -2.17. The summed E-state index contributed by atoms with van der Waals surface area (Å²) in [6.45, 7) is 12.5. The first-order chi connectivity index (χ1) is 10.5. The summed E-state index contributed by atoms with van der Waals surface area (Å²) in [6.07, 6.45) is 9.38. The lowest BCUT2D eigenvalue weighted by Crippen LogP contribution is -2.32. The van der Waals surface area contributed by atoms with Gasteiger partial charge in [0.1, 0.15) is 0 Å². The van der Waals surface area contributed by atoms with E-state index < -0.39 is 0 Å². The first kappa shape index (κ1) is 20.4. The van der Waals surface area contributed by atoms with Crippen molar-refractivity contribution in [2.45, 2.75) is 109 Å². The van der Waals surface area contributed by atoms with E-state index in [-0.39, 0.29) is 16.1 Å². The van der Waals surface area contributed by atoms with Crippen molar-refractivity contribution in [2.24, 2.45) is 15.3 Å². The van der Waals surface area contributed by atoms with Crippen LogP contribution in [-0.2, 0) is 0 Å². The van der Waals surface area contributed by atoms with Crippen LogP contribution in [0.5, 0.6) is 0 Å². The Kier molecular flexibility index (Phi) is 7.50. The van der Waals surface area contributed by atoms with Crippen LogP contribution in [0.2, 0.25) is 0 Å². The fourth-order valence-corrected chi connectivity index (χ4v) is 2.70. The van der Waals surface area contributed by atoms with Crippen LogP contribution in [0.1, 0.15) is 92.9 Å². The summed E-state index contributed by atoms with van der Waals surface area (Å²) in [6, 6.07) is 0. The highest BCUT2D eigenvalue weighted by molar-refractivity contribution is 6.23. The molecule has 1 N–H and O–H groups in total. The number of rotatable bonds is 2. The molecule has 0 heterocycles.